The zero-order valence-corrected chi connectivity index (χ0v) is 11.4. The molecule has 2 heterocycles. The molecule has 0 amide bonds. The highest BCUT2D eigenvalue weighted by Gasteiger charge is 2.24. The maximum atomic E-state index is 6.21. The van der Waals surface area contributed by atoms with Gasteiger partial charge in [0.25, 0.3) is 0 Å². The van der Waals surface area contributed by atoms with Crippen LogP contribution in [0.2, 0.25) is 0 Å². The number of nitrogen functional groups attached to an aromatic ring is 1. The Morgan fingerprint density at radius 3 is 2.89 bits per heavy atom. The molecule has 0 bridgehead atoms. The molecule has 1 aliphatic rings. The van der Waals surface area contributed by atoms with Crippen molar-refractivity contribution >= 4 is 17.2 Å². The van der Waals surface area contributed by atoms with E-state index < -0.39 is 0 Å². The standard InChI is InChI=1S/C16H19N3/c1-11-9-13-5-3-4-6-14(13)19(10-11)16-15(17)12(2)7-8-18-16/h3-8,11H,9-10,17H2,1-2H3. The summed E-state index contributed by atoms with van der Waals surface area (Å²) in [4.78, 5) is 6.75. The Kier molecular flexibility index (Phi) is 2.90. The highest BCUT2D eigenvalue weighted by Crippen LogP contribution is 2.37. The lowest BCUT2D eigenvalue weighted by Gasteiger charge is -2.34. The average Bonchev–Trinajstić information content (AvgIpc) is 2.41. The first-order chi connectivity index (χ1) is 9.16. The van der Waals surface area contributed by atoms with E-state index in [4.69, 9.17) is 5.73 Å². The molecule has 0 radical (unpaired) electrons. The number of fused-ring (bicyclic) bond motifs is 1. The van der Waals surface area contributed by atoms with Gasteiger partial charge in [0, 0.05) is 18.4 Å². The van der Waals surface area contributed by atoms with Crippen molar-refractivity contribution in [3.63, 3.8) is 0 Å². The number of nitrogens with two attached hydrogens (primary N) is 1. The first-order valence-corrected chi connectivity index (χ1v) is 6.73. The fraction of sp³-hybridized carbons (Fsp3) is 0.312. The van der Waals surface area contributed by atoms with E-state index in [9.17, 15) is 0 Å². The molecule has 3 heteroatoms. The molecule has 2 aromatic rings. The summed E-state index contributed by atoms with van der Waals surface area (Å²) in [5.41, 5.74) is 10.7. The minimum atomic E-state index is 0.608. The van der Waals surface area contributed by atoms with E-state index in [0.717, 1.165) is 30.0 Å². The first kappa shape index (κ1) is 12.0. The summed E-state index contributed by atoms with van der Waals surface area (Å²) in [5.74, 6) is 1.50. The highest BCUT2D eigenvalue weighted by atomic mass is 15.2. The van der Waals surface area contributed by atoms with Gasteiger partial charge in [0.15, 0.2) is 5.82 Å². The van der Waals surface area contributed by atoms with E-state index in [1.165, 1.54) is 11.3 Å². The summed E-state index contributed by atoms with van der Waals surface area (Å²) in [6, 6.07) is 10.5. The van der Waals surface area contributed by atoms with Crippen LogP contribution in [0.25, 0.3) is 0 Å². The molecule has 3 nitrogen and oxygen atoms in total. The van der Waals surface area contributed by atoms with E-state index in [-0.39, 0.29) is 0 Å². The van der Waals surface area contributed by atoms with E-state index in [2.05, 4.69) is 41.1 Å². The Morgan fingerprint density at radius 2 is 2.05 bits per heavy atom. The maximum Gasteiger partial charge on any atom is 0.156 e. The number of hydrogen-bond acceptors (Lipinski definition) is 3. The zero-order valence-electron chi connectivity index (χ0n) is 11.4. The van der Waals surface area contributed by atoms with Crippen LogP contribution < -0.4 is 10.6 Å². The summed E-state index contributed by atoms with van der Waals surface area (Å²) in [7, 11) is 0. The molecule has 19 heavy (non-hydrogen) atoms. The average molecular weight is 253 g/mol. The van der Waals surface area contributed by atoms with E-state index in [0.29, 0.717) is 5.92 Å². The number of benzene rings is 1. The SMILES string of the molecule is Cc1ccnc(N2CC(C)Cc3ccccc32)c1N. The smallest absolute Gasteiger partial charge is 0.156 e. The first-order valence-electron chi connectivity index (χ1n) is 6.73. The van der Waals surface area contributed by atoms with Gasteiger partial charge in [-0.1, -0.05) is 25.1 Å². The lowest BCUT2D eigenvalue weighted by Crippen LogP contribution is -2.31. The topological polar surface area (TPSA) is 42.2 Å². The second kappa shape index (κ2) is 4.57. The molecule has 0 spiro atoms. The molecule has 0 fully saturated rings. The molecule has 1 aromatic carbocycles. The van der Waals surface area contributed by atoms with Crippen molar-refractivity contribution in [2.45, 2.75) is 20.3 Å². The van der Waals surface area contributed by atoms with Crippen LogP contribution in [-0.2, 0) is 6.42 Å². The van der Waals surface area contributed by atoms with Gasteiger partial charge in [-0.25, -0.2) is 4.98 Å². The van der Waals surface area contributed by atoms with Gasteiger partial charge >= 0.3 is 0 Å². The number of nitrogens with zero attached hydrogens (tertiary/aromatic N) is 2. The molecule has 3 rings (SSSR count). The normalized spacial score (nSPS) is 18.2. The molecule has 0 aliphatic carbocycles. The molecular formula is C16H19N3. The minimum Gasteiger partial charge on any atom is -0.396 e. The number of hydrogen-bond donors (Lipinski definition) is 1. The van der Waals surface area contributed by atoms with Crippen molar-refractivity contribution in [3.05, 3.63) is 47.7 Å². The van der Waals surface area contributed by atoms with Crippen molar-refractivity contribution in [2.24, 2.45) is 5.92 Å². The van der Waals surface area contributed by atoms with Crippen LogP contribution in [0.4, 0.5) is 17.2 Å². The predicted octanol–water partition coefficient (Wildman–Crippen LogP) is 3.30. The van der Waals surface area contributed by atoms with Crippen molar-refractivity contribution in [2.75, 3.05) is 17.2 Å². The van der Waals surface area contributed by atoms with Gasteiger partial charge in [0.1, 0.15) is 0 Å². The van der Waals surface area contributed by atoms with Crippen molar-refractivity contribution in [1.82, 2.24) is 4.98 Å². The monoisotopic (exact) mass is 253 g/mol. The highest BCUT2D eigenvalue weighted by molar-refractivity contribution is 5.75. The van der Waals surface area contributed by atoms with Crippen LogP contribution in [-0.4, -0.2) is 11.5 Å². The number of rotatable bonds is 1. The molecular weight excluding hydrogens is 234 g/mol. The molecule has 1 atom stereocenters. The van der Waals surface area contributed by atoms with E-state index >= 15 is 0 Å². The van der Waals surface area contributed by atoms with Crippen molar-refractivity contribution in [3.8, 4) is 0 Å². The second-order valence-corrected chi connectivity index (χ2v) is 5.41. The minimum absolute atomic E-state index is 0.608. The maximum absolute atomic E-state index is 6.21. The number of anilines is 3. The fourth-order valence-electron chi connectivity index (χ4n) is 2.77. The summed E-state index contributed by atoms with van der Waals surface area (Å²) >= 11 is 0. The van der Waals surface area contributed by atoms with Crippen LogP contribution in [0, 0.1) is 12.8 Å². The lowest BCUT2D eigenvalue weighted by molar-refractivity contribution is 0.560. The number of pyridine rings is 1. The zero-order chi connectivity index (χ0) is 13.4. The van der Waals surface area contributed by atoms with Crippen molar-refractivity contribution < 1.29 is 0 Å². The summed E-state index contributed by atoms with van der Waals surface area (Å²) in [6.45, 7) is 5.27. The fourth-order valence-corrected chi connectivity index (χ4v) is 2.77. The Labute approximate surface area is 114 Å². The van der Waals surface area contributed by atoms with E-state index in [1.54, 1.807) is 0 Å². The number of para-hydroxylation sites is 1. The van der Waals surface area contributed by atoms with Gasteiger partial charge in [-0.15, -0.1) is 0 Å². The molecule has 2 N–H and O–H groups in total. The molecule has 1 unspecified atom stereocenters. The second-order valence-electron chi connectivity index (χ2n) is 5.41. The predicted molar refractivity (Wildman–Crippen MR) is 79.7 cm³/mol. The Morgan fingerprint density at radius 1 is 1.26 bits per heavy atom. The molecule has 0 saturated carbocycles. The molecule has 1 aliphatic heterocycles. The quantitative estimate of drug-likeness (QED) is 0.848. The Balaban J connectivity index is 2.13. The number of aryl methyl sites for hydroxylation is 1. The lowest BCUT2D eigenvalue weighted by atomic mass is 9.94. The van der Waals surface area contributed by atoms with Gasteiger partial charge in [0.2, 0.25) is 0 Å². The summed E-state index contributed by atoms with van der Waals surface area (Å²) < 4.78 is 0. The Bertz CT molecular complexity index is 607. The molecule has 1 aromatic heterocycles. The molecule has 0 saturated heterocycles. The third-order valence-corrected chi connectivity index (χ3v) is 3.79. The third kappa shape index (κ3) is 2.05. The van der Waals surface area contributed by atoms with Crippen LogP contribution in [0.15, 0.2) is 36.5 Å². The summed E-state index contributed by atoms with van der Waals surface area (Å²) in [6.07, 6.45) is 2.96. The van der Waals surface area contributed by atoms with Crippen LogP contribution in [0.5, 0.6) is 0 Å². The number of aromatic nitrogens is 1. The van der Waals surface area contributed by atoms with Crippen LogP contribution in [0.1, 0.15) is 18.1 Å². The van der Waals surface area contributed by atoms with Gasteiger partial charge in [-0.05, 0) is 42.5 Å². The Hall–Kier alpha value is -2.03. The van der Waals surface area contributed by atoms with Crippen molar-refractivity contribution in [1.29, 1.82) is 0 Å². The van der Waals surface area contributed by atoms with Gasteiger partial charge in [-0.3, -0.25) is 0 Å². The summed E-state index contributed by atoms with van der Waals surface area (Å²) in [5, 5.41) is 0. The largest absolute Gasteiger partial charge is 0.396 e. The third-order valence-electron chi connectivity index (χ3n) is 3.79. The van der Waals surface area contributed by atoms with E-state index in [1.807, 2.05) is 19.2 Å². The van der Waals surface area contributed by atoms with Gasteiger partial charge in [0.05, 0.1) is 5.69 Å². The molecule has 98 valence electrons. The van der Waals surface area contributed by atoms with Gasteiger partial charge in [-0.2, -0.15) is 0 Å². The van der Waals surface area contributed by atoms with Crippen LogP contribution in [0.3, 0.4) is 0 Å². The van der Waals surface area contributed by atoms with Crippen LogP contribution >= 0.6 is 0 Å². The van der Waals surface area contributed by atoms with Gasteiger partial charge < -0.3 is 10.6 Å².